The van der Waals surface area contributed by atoms with Gasteiger partial charge in [-0.3, -0.25) is 4.79 Å². The van der Waals surface area contributed by atoms with Crippen LogP contribution in [0.5, 0.6) is 0 Å². The molecule has 0 unspecified atom stereocenters. The highest BCUT2D eigenvalue weighted by Crippen LogP contribution is 2.24. The summed E-state index contributed by atoms with van der Waals surface area (Å²) >= 11 is 5.98. The molecule has 0 radical (unpaired) electrons. The minimum Gasteiger partial charge on any atom is -0.321 e. The Kier molecular flexibility index (Phi) is 5.63. The zero-order chi connectivity index (χ0) is 22.0. The van der Waals surface area contributed by atoms with Crippen molar-refractivity contribution in [3.8, 4) is 16.9 Å². The first-order chi connectivity index (χ1) is 14.8. The van der Waals surface area contributed by atoms with Crippen molar-refractivity contribution in [1.82, 2.24) is 9.78 Å². The third-order valence-corrected chi connectivity index (χ3v) is 6.00. The number of nitrogens with one attached hydrogen (secondary N) is 1. The molecule has 0 aliphatic carbocycles. The molecule has 156 valence electrons. The number of nitrogens with zero attached hydrogens (tertiary/aromatic N) is 2. The van der Waals surface area contributed by atoms with Crippen molar-refractivity contribution in [2.45, 2.75) is 4.90 Å². The van der Waals surface area contributed by atoms with Gasteiger partial charge in [0.05, 0.1) is 16.3 Å². The van der Waals surface area contributed by atoms with Gasteiger partial charge in [0.15, 0.2) is 9.84 Å². The molecule has 4 aromatic rings. The van der Waals surface area contributed by atoms with Crippen LogP contribution < -0.4 is 5.32 Å². The topological polar surface area (TPSA) is 81.1 Å². The molecule has 0 spiro atoms. The Hall–Kier alpha value is -3.42. The number of sulfone groups is 1. The fourth-order valence-electron chi connectivity index (χ4n) is 3.05. The summed E-state index contributed by atoms with van der Waals surface area (Å²) < 4.78 is 24.9. The second-order valence-electron chi connectivity index (χ2n) is 6.92. The lowest BCUT2D eigenvalue weighted by atomic mass is 10.1. The lowest BCUT2D eigenvalue weighted by Gasteiger charge is -2.09. The third kappa shape index (κ3) is 4.68. The first-order valence-electron chi connectivity index (χ1n) is 9.34. The van der Waals surface area contributed by atoms with E-state index in [-0.39, 0.29) is 10.8 Å². The summed E-state index contributed by atoms with van der Waals surface area (Å²) in [5.74, 6) is -0.372. The normalized spacial score (nSPS) is 11.3. The molecule has 0 saturated carbocycles. The summed E-state index contributed by atoms with van der Waals surface area (Å²) in [6, 6.07) is 24.3. The van der Waals surface area contributed by atoms with Gasteiger partial charge in [0.1, 0.15) is 5.69 Å². The van der Waals surface area contributed by atoms with Crippen LogP contribution >= 0.6 is 11.6 Å². The summed E-state index contributed by atoms with van der Waals surface area (Å²) in [5, 5.41) is 8.04. The smallest absolute Gasteiger partial charge is 0.274 e. The average Bonchev–Trinajstić information content (AvgIpc) is 3.20. The number of carbonyl (C=O) groups is 1. The van der Waals surface area contributed by atoms with Gasteiger partial charge in [-0.05, 0) is 54.6 Å². The average molecular weight is 452 g/mol. The van der Waals surface area contributed by atoms with Crippen LogP contribution in [0.1, 0.15) is 10.5 Å². The minimum absolute atomic E-state index is 0.185. The summed E-state index contributed by atoms with van der Waals surface area (Å²) in [4.78, 5) is 13.3. The molecular formula is C23H18ClN3O3S. The van der Waals surface area contributed by atoms with Crippen molar-refractivity contribution in [3.63, 3.8) is 0 Å². The maximum atomic E-state index is 13.1. The number of hydrogen-bond donors (Lipinski definition) is 1. The quantitative estimate of drug-likeness (QED) is 0.470. The molecule has 4 rings (SSSR count). The summed E-state index contributed by atoms with van der Waals surface area (Å²) in [5.41, 5.74) is 3.00. The van der Waals surface area contributed by atoms with Crippen LogP contribution in [0.2, 0.25) is 5.02 Å². The molecule has 0 saturated heterocycles. The molecule has 1 N–H and O–H groups in total. The van der Waals surface area contributed by atoms with Gasteiger partial charge in [0, 0.05) is 22.5 Å². The maximum absolute atomic E-state index is 13.1. The molecule has 0 aliphatic rings. The fourth-order valence-corrected chi connectivity index (χ4v) is 3.81. The Bertz CT molecular complexity index is 1330. The fraction of sp³-hybridized carbons (Fsp3) is 0.0435. The Morgan fingerprint density at radius 2 is 1.58 bits per heavy atom. The van der Waals surface area contributed by atoms with Crippen molar-refractivity contribution in [2.75, 3.05) is 11.6 Å². The molecule has 6 nitrogen and oxygen atoms in total. The number of benzene rings is 3. The van der Waals surface area contributed by atoms with Gasteiger partial charge in [-0.15, -0.1) is 0 Å². The molecule has 1 aromatic heterocycles. The molecule has 1 amide bonds. The first-order valence-corrected chi connectivity index (χ1v) is 11.6. The van der Waals surface area contributed by atoms with E-state index in [1.54, 1.807) is 35.0 Å². The number of anilines is 1. The molecular weight excluding hydrogens is 434 g/mol. The number of aromatic nitrogens is 2. The van der Waals surface area contributed by atoms with Gasteiger partial charge in [-0.25, -0.2) is 13.1 Å². The highest BCUT2D eigenvalue weighted by atomic mass is 35.5. The highest BCUT2D eigenvalue weighted by molar-refractivity contribution is 7.90. The zero-order valence-electron chi connectivity index (χ0n) is 16.5. The number of para-hydroxylation sites is 1. The first kappa shape index (κ1) is 20.8. The Morgan fingerprint density at radius 3 is 2.19 bits per heavy atom. The SMILES string of the molecule is CS(=O)(=O)c1ccc(NC(=O)c2cc(-c3ccc(Cl)cc3)nn2-c2ccccc2)cc1. The van der Waals surface area contributed by atoms with Crippen LogP contribution in [0.3, 0.4) is 0 Å². The van der Waals surface area contributed by atoms with Crippen molar-refractivity contribution in [3.05, 3.63) is 95.6 Å². The van der Waals surface area contributed by atoms with Crippen LogP contribution in [0, 0.1) is 0 Å². The predicted molar refractivity (Wildman–Crippen MR) is 122 cm³/mol. The van der Waals surface area contributed by atoms with Crippen LogP contribution in [0.4, 0.5) is 5.69 Å². The zero-order valence-corrected chi connectivity index (χ0v) is 18.1. The minimum atomic E-state index is -3.31. The van der Waals surface area contributed by atoms with Crippen LogP contribution in [0.25, 0.3) is 16.9 Å². The van der Waals surface area contributed by atoms with Gasteiger partial charge in [-0.2, -0.15) is 5.10 Å². The van der Waals surface area contributed by atoms with Crippen molar-refractivity contribution >= 4 is 33.0 Å². The van der Waals surface area contributed by atoms with Gasteiger partial charge >= 0.3 is 0 Å². The van der Waals surface area contributed by atoms with E-state index < -0.39 is 9.84 Å². The van der Waals surface area contributed by atoms with Crippen LogP contribution in [-0.4, -0.2) is 30.4 Å². The van der Waals surface area contributed by atoms with Crippen molar-refractivity contribution in [2.24, 2.45) is 0 Å². The van der Waals surface area contributed by atoms with E-state index in [0.29, 0.717) is 22.1 Å². The van der Waals surface area contributed by atoms with Crippen molar-refractivity contribution in [1.29, 1.82) is 0 Å². The molecule has 0 bridgehead atoms. The lowest BCUT2D eigenvalue weighted by Crippen LogP contribution is -2.17. The molecule has 31 heavy (non-hydrogen) atoms. The van der Waals surface area contributed by atoms with E-state index in [2.05, 4.69) is 10.4 Å². The predicted octanol–water partition coefficient (Wildman–Crippen LogP) is 4.85. The molecule has 0 aliphatic heterocycles. The number of halogens is 1. The summed E-state index contributed by atoms with van der Waals surface area (Å²) in [6.07, 6.45) is 1.14. The van der Waals surface area contributed by atoms with E-state index in [9.17, 15) is 13.2 Å². The van der Waals surface area contributed by atoms with Gasteiger partial charge in [0.25, 0.3) is 5.91 Å². The molecule has 0 atom stereocenters. The molecule has 3 aromatic carbocycles. The van der Waals surface area contributed by atoms with E-state index in [1.807, 2.05) is 42.5 Å². The second kappa shape index (κ2) is 8.37. The van der Waals surface area contributed by atoms with Gasteiger partial charge in [0.2, 0.25) is 0 Å². The largest absolute Gasteiger partial charge is 0.321 e. The number of amides is 1. The summed E-state index contributed by atoms with van der Waals surface area (Å²) in [6.45, 7) is 0. The standard InChI is InChI=1S/C23H18ClN3O3S/c1-31(29,30)20-13-11-18(12-14-20)25-23(28)22-15-21(16-7-9-17(24)10-8-16)26-27(22)19-5-3-2-4-6-19/h2-15H,1H3,(H,25,28). The van der Waals surface area contributed by atoms with E-state index in [4.69, 9.17) is 11.6 Å². The van der Waals surface area contributed by atoms with E-state index >= 15 is 0 Å². The van der Waals surface area contributed by atoms with Crippen molar-refractivity contribution < 1.29 is 13.2 Å². The molecule has 1 heterocycles. The van der Waals surface area contributed by atoms with Gasteiger partial charge < -0.3 is 5.32 Å². The van der Waals surface area contributed by atoms with E-state index in [1.165, 1.54) is 12.1 Å². The van der Waals surface area contributed by atoms with Crippen LogP contribution in [0.15, 0.2) is 89.8 Å². The molecule has 8 heteroatoms. The number of rotatable bonds is 5. The number of carbonyl (C=O) groups excluding carboxylic acids is 1. The monoisotopic (exact) mass is 451 g/mol. The highest BCUT2D eigenvalue weighted by Gasteiger charge is 2.18. The summed E-state index contributed by atoms with van der Waals surface area (Å²) in [7, 11) is -3.31. The maximum Gasteiger partial charge on any atom is 0.274 e. The lowest BCUT2D eigenvalue weighted by molar-refractivity contribution is 0.101. The Morgan fingerprint density at radius 1 is 0.935 bits per heavy atom. The Balaban J connectivity index is 1.70. The molecule has 0 fully saturated rings. The Labute approximate surface area is 185 Å². The third-order valence-electron chi connectivity index (χ3n) is 4.62. The second-order valence-corrected chi connectivity index (χ2v) is 9.37. The van der Waals surface area contributed by atoms with Crippen LogP contribution in [-0.2, 0) is 9.84 Å². The van der Waals surface area contributed by atoms with Gasteiger partial charge in [-0.1, -0.05) is 41.9 Å². The van der Waals surface area contributed by atoms with E-state index in [0.717, 1.165) is 17.5 Å². The number of hydrogen-bond acceptors (Lipinski definition) is 4.